The minimum Gasteiger partial charge on any atom is -0.484 e. The van der Waals surface area contributed by atoms with Gasteiger partial charge in [0.2, 0.25) is 0 Å². The molecule has 0 heterocycles. The zero-order valence-corrected chi connectivity index (χ0v) is 12.6. The van der Waals surface area contributed by atoms with Crippen LogP contribution in [0.3, 0.4) is 0 Å². The molecule has 0 saturated heterocycles. The first-order valence-corrected chi connectivity index (χ1v) is 7.21. The van der Waals surface area contributed by atoms with E-state index >= 15 is 0 Å². The molecule has 2 aromatic rings. The molecule has 122 valence electrons. The summed E-state index contributed by atoms with van der Waals surface area (Å²) < 4.78 is 5.32. The number of hydrogen-bond acceptors (Lipinski definition) is 5. The predicted octanol–water partition coefficient (Wildman–Crippen LogP) is 0.858. The van der Waals surface area contributed by atoms with Gasteiger partial charge in [0.25, 0.3) is 5.91 Å². The Bertz CT molecular complexity index is 616. The monoisotopic (exact) mass is 316 g/mol. The second-order valence-corrected chi connectivity index (χ2v) is 5.07. The summed E-state index contributed by atoms with van der Waals surface area (Å²) in [6.07, 6.45) is -1.04. The zero-order valence-electron chi connectivity index (χ0n) is 12.6. The minimum absolute atomic E-state index is 0.199. The molecule has 0 radical (unpaired) electrons. The van der Waals surface area contributed by atoms with E-state index in [0.29, 0.717) is 17.0 Å². The highest BCUT2D eigenvalue weighted by molar-refractivity contribution is 5.78. The van der Waals surface area contributed by atoms with Gasteiger partial charge in [-0.25, -0.2) is 0 Å². The molecule has 0 aliphatic carbocycles. The molecule has 2 aromatic carbocycles. The third-order valence-corrected chi connectivity index (χ3v) is 3.32. The number of benzene rings is 2. The Morgan fingerprint density at radius 1 is 1.13 bits per heavy atom. The van der Waals surface area contributed by atoms with Gasteiger partial charge in [-0.15, -0.1) is 0 Å². The van der Waals surface area contributed by atoms with Crippen molar-refractivity contribution < 1.29 is 19.7 Å². The summed E-state index contributed by atoms with van der Waals surface area (Å²) in [6, 6.07) is 14.7. The number of nitrogens with one attached hydrogen (secondary N) is 1. The summed E-state index contributed by atoms with van der Waals surface area (Å²) in [7, 11) is 0. The molecule has 6 nitrogen and oxygen atoms in total. The van der Waals surface area contributed by atoms with E-state index in [1.165, 1.54) is 0 Å². The van der Waals surface area contributed by atoms with E-state index in [0.717, 1.165) is 0 Å². The van der Waals surface area contributed by atoms with Gasteiger partial charge in [0.1, 0.15) is 11.9 Å². The van der Waals surface area contributed by atoms with Gasteiger partial charge in [-0.05, 0) is 29.8 Å². The van der Waals surface area contributed by atoms with Crippen LogP contribution >= 0.6 is 0 Å². The van der Waals surface area contributed by atoms with Crippen molar-refractivity contribution in [2.45, 2.75) is 12.1 Å². The number of anilines is 1. The molecule has 0 spiro atoms. The summed E-state index contributed by atoms with van der Waals surface area (Å²) in [6.45, 7) is -0.600. The quantitative estimate of drug-likeness (QED) is 0.567. The molecule has 5 N–H and O–H groups in total. The van der Waals surface area contributed by atoms with E-state index in [1.54, 1.807) is 48.5 Å². The lowest BCUT2D eigenvalue weighted by molar-refractivity contribution is -0.125. The average molecular weight is 316 g/mol. The Balaban J connectivity index is 1.90. The van der Waals surface area contributed by atoms with Gasteiger partial charge in [0.05, 0.1) is 12.6 Å². The summed E-state index contributed by atoms with van der Waals surface area (Å²) >= 11 is 0. The Morgan fingerprint density at radius 3 is 2.39 bits per heavy atom. The summed E-state index contributed by atoms with van der Waals surface area (Å²) in [5.74, 6) is 0.143. The van der Waals surface area contributed by atoms with Crippen molar-refractivity contribution in [2.75, 3.05) is 18.9 Å². The standard InChI is InChI=1S/C17H20N2O4/c18-13-8-6-12(7-9-13)17(22)15(10-20)19-16(21)11-23-14-4-2-1-3-5-14/h1-9,15,17,20,22H,10-11,18H2,(H,19,21). The molecule has 0 aliphatic rings. The van der Waals surface area contributed by atoms with Gasteiger partial charge >= 0.3 is 0 Å². The molecule has 2 rings (SSSR count). The molecule has 6 heteroatoms. The van der Waals surface area contributed by atoms with Gasteiger partial charge in [-0.2, -0.15) is 0 Å². The SMILES string of the molecule is Nc1ccc(C(O)C(CO)NC(=O)COc2ccccc2)cc1. The first kappa shape index (κ1) is 16.8. The number of hydrogen-bond donors (Lipinski definition) is 4. The maximum atomic E-state index is 11.9. The second-order valence-electron chi connectivity index (χ2n) is 5.07. The van der Waals surface area contributed by atoms with Crippen molar-refractivity contribution >= 4 is 11.6 Å². The molecule has 0 saturated carbocycles. The van der Waals surface area contributed by atoms with Crippen LogP contribution < -0.4 is 15.8 Å². The van der Waals surface area contributed by atoms with Crippen molar-refractivity contribution in [1.29, 1.82) is 0 Å². The number of aliphatic hydroxyl groups excluding tert-OH is 2. The molecule has 1 amide bonds. The molecule has 2 unspecified atom stereocenters. The molecule has 0 bridgehead atoms. The first-order valence-electron chi connectivity index (χ1n) is 7.21. The second kappa shape index (κ2) is 8.17. The molecule has 2 atom stereocenters. The van der Waals surface area contributed by atoms with Crippen LogP contribution in [0.25, 0.3) is 0 Å². The maximum absolute atomic E-state index is 11.9. The summed E-state index contributed by atoms with van der Waals surface area (Å²) in [4.78, 5) is 11.9. The van der Waals surface area contributed by atoms with Gasteiger partial charge < -0.3 is 26.0 Å². The Morgan fingerprint density at radius 2 is 1.78 bits per heavy atom. The molecule has 23 heavy (non-hydrogen) atoms. The highest BCUT2D eigenvalue weighted by atomic mass is 16.5. The predicted molar refractivity (Wildman–Crippen MR) is 86.8 cm³/mol. The lowest BCUT2D eigenvalue weighted by atomic mass is 10.0. The van der Waals surface area contributed by atoms with E-state index in [2.05, 4.69) is 5.32 Å². The van der Waals surface area contributed by atoms with Crippen LogP contribution in [0.4, 0.5) is 5.69 Å². The van der Waals surface area contributed by atoms with Crippen molar-refractivity contribution in [3.05, 3.63) is 60.2 Å². The lowest BCUT2D eigenvalue weighted by Gasteiger charge is -2.22. The number of nitrogens with two attached hydrogens (primary N) is 1. The first-order chi connectivity index (χ1) is 11.1. The largest absolute Gasteiger partial charge is 0.484 e. The molecule has 0 fully saturated rings. The molecular formula is C17H20N2O4. The van der Waals surface area contributed by atoms with E-state index in [1.807, 2.05) is 6.07 Å². The topological polar surface area (TPSA) is 105 Å². The molecular weight excluding hydrogens is 296 g/mol. The number of carbonyl (C=O) groups excluding carboxylic acids is 1. The highest BCUT2D eigenvalue weighted by Gasteiger charge is 2.22. The number of para-hydroxylation sites is 1. The van der Waals surface area contributed by atoms with Crippen LogP contribution in [0.1, 0.15) is 11.7 Å². The van der Waals surface area contributed by atoms with Gasteiger partial charge in [-0.1, -0.05) is 30.3 Å². The Labute approximate surface area is 134 Å². The van der Waals surface area contributed by atoms with Crippen LogP contribution in [0.15, 0.2) is 54.6 Å². The van der Waals surface area contributed by atoms with Crippen molar-refractivity contribution in [2.24, 2.45) is 0 Å². The summed E-state index contributed by atoms with van der Waals surface area (Å²) in [5.41, 5.74) is 6.72. The fraction of sp³-hybridized carbons (Fsp3) is 0.235. The molecule has 0 aliphatic heterocycles. The fourth-order valence-electron chi connectivity index (χ4n) is 2.06. The number of ether oxygens (including phenoxy) is 1. The normalized spacial score (nSPS) is 13.1. The number of carbonyl (C=O) groups is 1. The van der Waals surface area contributed by atoms with Crippen molar-refractivity contribution in [3.63, 3.8) is 0 Å². The van der Waals surface area contributed by atoms with Gasteiger partial charge in [0, 0.05) is 5.69 Å². The van der Waals surface area contributed by atoms with Gasteiger partial charge in [-0.3, -0.25) is 4.79 Å². The average Bonchev–Trinajstić information content (AvgIpc) is 2.59. The van der Waals surface area contributed by atoms with E-state index in [9.17, 15) is 15.0 Å². The van der Waals surface area contributed by atoms with Gasteiger partial charge in [0.15, 0.2) is 6.61 Å². The third-order valence-electron chi connectivity index (χ3n) is 3.32. The lowest BCUT2D eigenvalue weighted by Crippen LogP contribution is -2.43. The van der Waals surface area contributed by atoms with E-state index in [-0.39, 0.29) is 6.61 Å². The van der Waals surface area contributed by atoms with Crippen LogP contribution in [0.5, 0.6) is 5.75 Å². The van der Waals surface area contributed by atoms with Crippen LogP contribution in [-0.2, 0) is 4.79 Å². The number of amides is 1. The Hall–Kier alpha value is -2.57. The van der Waals surface area contributed by atoms with E-state index in [4.69, 9.17) is 10.5 Å². The molecule has 0 aromatic heterocycles. The van der Waals surface area contributed by atoms with Crippen molar-refractivity contribution in [3.8, 4) is 5.75 Å². The van der Waals surface area contributed by atoms with E-state index < -0.39 is 24.7 Å². The zero-order chi connectivity index (χ0) is 16.7. The van der Waals surface area contributed by atoms with Crippen LogP contribution in [0, 0.1) is 0 Å². The van der Waals surface area contributed by atoms with Crippen LogP contribution in [0.2, 0.25) is 0 Å². The highest BCUT2D eigenvalue weighted by Crippen LogP contribution is 2.18. The summed E-state index contributed by atoms with van der Waals surface area (Å²) in [5, 5.41) is 22.2. The number of rotatable bonds is 7. The number of aliphatic hydroxyl groups is 2. The maximum Gasteiger partial charge on any atom is 0.258 e. The smallest absolute Gasteiger partial charge is 0.258 e. The number of nitrogen functional groups attached to an aromatic ring is 1. The third kappa shape index (κ3) is 4.98. The van der Waals surface area contributed by atoms with Crippen LogP contribution in [-0.4, -0.2) is 35.4 Å². The fourth-order valence-corrected chi connectivity index (χ4v) is 2.06. The van der Waals surface area contributed by atoms with Crippen molar-refractivity contribution in [1.82, 2.24) is 5.32 Å². The minimum atomic E-state index is -1.04. The Kier molecular flexibility index (Phi) is 5.96.